The number of hydrogen-bond acceptors (Lipinski definition) is 7. The maximum Gasteiger partial charge on any atom is 0.431 e. The number of carbonyl (C=O) groups excluding carboxylic acids is 2. The van der Waals surface area contributed by atoms with Crippen molar-refractivity contribution in [3.05, 3.63) is 58.0 Å². The number of hydrogen-bond donors (Lipinski definition) is 2. The van der Waals surface area contributed by atoms with Crippen LogP contribution in [0.5, 0.6) is 0 Å². The van der Waals surface area contributed by atoms with Crippen LogP contribution in [0.1, 0.15) is 63.7 Å². The molecule has 0 atom stereocenters. The Hall–Kier alpha value is -3.12. The molecule has 4 rings (SSSR count). The molecular formula is C23H22F3N5O2S2. The fraction of sp³-hybridized carbons (Fsp3) is 0.348. The lowest BCUT2D eigenvalue weighted by molar-refractivity contribution is -0.0609. The second kappa shape index (κ2) is 11.1. The van der Waals surface area contributed by atoms with Crippen molar-refractivity contribution >= 4 is 40.2 Å². The van der Waals surface area contributed by atoms with E-state index in [4.69, 9.17) is 0 Å². The SMILES string of the molecule is O=C(N/N=C(\CCCCNC(=O)c1nc(-c2nccs2)sc1C1CC1)C(F)(F)F)c1ccccc1. The average molecular weight is 522 g/mol. The molecule has 2 heterocycles. The zero-order chi connectivity index (χ0) is 24.8. The molecule has 1 fully saturated rings. The molecule has 0 saturated heterocycles. The van der Waals surface area contributed by atoms with Crippen LogP contribution in [0.25, 0.3) is 10.0 Å². The van der Waals surface area contributed by atoms with E-state index in [1.54, 1.807) is 24.4 Å². The third-order valence-electron chi connectivity index (χ3n) is 5.21. The van der Waals surface area contributed by atoms with Crippen LogP contribution in [0.15, 0.2) is 47.0 Å². The standard InChI is InChI=1S/C23H22F3N5O2S2/c24-23(25,26)16(30-31-19(32)15-6-2-1-3-7-15)8-4-5-11-27-20(33)17-18(14-9-10-14)35-22(29-17)21-28-12-13-34-21/h1-3,6-7,12-14H,4-5,8-11H2,(H,27,33)(H,31,32)/b30-16+. The van der Waals surface area contributed by atoms with Crippen LogP contribution in [-0.4, -0.2) is 40.2 Å². The summed E-state index contributed by atoms with van der Waals surface area (Å²) < 4.78 is 39.9. The number of nitrogens with one attached hydrogen (secondary N) is 2. The van der Waals surface area contributed by atoms with Crippen LogP contribution in [0.4, 0.5) is 13.2 Å². The maximum absolute atomic E-state index is 13.3. The van der Waals surface area contributed by atoms with Crippen molar-refractivity contribution in [3.8, 4) is 10.0 Å². The number of amides is 2. The highest BCUT2D eigenvalue weighted by molar-refractivity contribution is 7.20. The van der Waals surface area contributed by atoms with E-state index in [2.05, 4.69) is 20.4 Å². The largest absolute Gasteiger partial charge is 0.431 e. The number of benzene rings is 1. The van der Waals surface area contributed by atoms with Gasteiger partial charge in [-0.15, -0.1) is 22.7 Å². The molecule has 0 unspecified atom stereocenters. The minimum absolute atomic E-state index is 0.136. The van der Waals surface area contributed by atoms with Crippen LogP contribution in [0.3, 0.4) is 0 Å². The third-order valence-corrected chi connectivity index (χ3v) is 7.35. The second-order valence-electron chi connectivity index (χ2n) is 7.92. The quantitative estimate of drug-likeness (QED) is 0.212. The molecule has 0 bridgehead atoms. The van der Waals surface area contributed by atoms with Crippen LogP contribution in [-0.2, 0) is 0 Å². The van der Waals surface area contributed by atoms with Crippen molar-refractivity contribution in [2.45, 2.75) is 44.2 Å². The Morgan fingerprint density at radius 3 is 2.51 bits per heavy atom. The van der Waals surface area contributed by atoms with E-state index in [0.717, 1.165) is 22.7 Å². The summed E-state index contributed by atoms with van der Waals surface area (Å²) in [5.74, 6) is -0.712. The van der Waals surface area contributed by atoms with Gasteiger partial charge in [0.2, 0.25) is 0 Å². The molecule has 3 aromatic rings. The number of nitrogens with zero attached hydrogens (tertiary/aromatic N) is 3. The van der Waals surface area contributed by atoms with Gasteiger partial charge in [-0.2, -0.15) is 18.3 Å². The summed E-state index contributed by atoms with van der Waals surface area (Å²) >= 11 is 2.92. The molecule has 12 heteroatoms. The second-order valence-corrected chi connectivity index (χ2v) is 9.84. The molecule has 2 aromatic heterocycles. The first-order valence-electron chi connectivity index (χ1n) is 11.0. The summed E-state index contributed by atoms with van der Waals surface area (Å²) in [5.41, 5.74) is 1.49. The smallest absolute Gasteiger partial charge is 0.351 e. The van der Waals surface area contributed by atoms with Gasteiger partial charge in [0.05, 0.1) is 0 Å². The Kier molecular flexibility index (Phi) is 7.91. The van der Waals surface area contributed by atoms with E-state index in [1.165, 1.54) is 34.8 Å². The zero-order valence-corrected chi connectivity index (χ0v) is 20.1. The molecule has 1 aromatic carbocycles. The fourth-order valence-corrected chi connectivity index (χ4v) is 5.18. The van der Waals surface area contributed by atoms with E-state index in [1.807, 2.05) is 10.8 Å². The van der Waals surface area contributed by atoms with E-state index in [0.29, 0.717) is 23.0 Å². The van der Waals surface area contributed by atoms with Gasteiger partial charge in [0.15, 0.2) is 10.0 Å². The van der Waals surface area contributed by atoms with Crippen LogP contribution < -0.4 is 10.7 Å². The van der Waals surface area contributed by atoms with Crippen molar-refractivity contribution in [1.82, 2.24) is 20.7 Å². The number of hydrazone groups is 1. The first kappa shape index (κ1) is 25.0. The van der Waals surface area contributed by atoms with Gasteiger partial charge < -0.3 is 5.32 Å². The van der Waals surface area contributed by atoms with E-state index in [-0.39, 0.29) is 30.9 Å². The number of halogens is 3. The molecule has 7 nitrogen and oxygen atoms in total. The molecule has 0 aliphatic heterocycles. The van der Waals surface area contributed by atoms with Gasteiger partial charge in [-0.3, -0.25) is 9.59 Å². The van der Waals surface area contributed by atoms with Gasteiger partial charge in [0.1, 0.15) is 11.4 Å². The number of aromatic nitrogens is 2. The fourth-order valence-electron chi connectivity index (χ4n) is 3.27. The molecule has 35 heavy (non-hydrogen) atoms. The van der Waals surface area contributed by atoms with Crippen LogP contribution >= 0.6 is 22.7 Å². The predicted molar refractivity (Wildman–Crippen MR) is 129 cm³/mol. The van der Waals surface area contributed by atoms with Gasteiger partial charge in [-0.25, -0.2) is 15.4 Å². The monoisotopic (exact) mass is 521 g/mol. The van der Waals surface area contributed by atoms with Gasteiger partial charge in [0.25, 0.3) is 11.8 Å². The topological polar surface area (TPSA) is 96.3 Å². The maximum atomic E-state index is 13.3. The predicted octanol–water partition coefficient (Wildman–Crippen LogP) is 5.39. The molecule has 0 spiro atoms. The Morgan fingerprint density at radius 1 is 1.09 bits per heavy atom. The van der Waals surface area contributed by atoms with E-state index >= 15 is 0 Å². The lowest BCUT2D eigenvalue weighted by Gasteiger charge is -2.11. The first-order chi connectivity index (χ1) is 16.8. The summed E-state index contributed by atoms with van der Waals surface area (Å²) in [4.78, 5) is 34.4. The summed E-state index contributed by atoms with van der Waals surface area (Å²) in [6.45, 7) is 0.203. The Balaban J connectivity index is 1.28. The number of thiazole rings is 2. The minimum atomic E-state index is -4.67. The van der Waals surface area contributed by atoms with E-state index < -0.39 is 17.8 Å². The number of unbranched alkanes of at least 4 members (excludes halogenated alkanes) is 1. The molecule has 1 aliphatic rings. The summed E-state index contributed by atoms with van der Waals surface area (Å²) in [6, 6.07) is 7.88. The van der Waals surface area contributed by atoms with Crippen LogP contribution in [0.2, 0.25) is 0 Å². The Morgan fingerprint density at radius 2 is 1.86 bits per heavy atom. The Bertz CT molecular complexity index is 1190. The molecule has 2 N–H and O–H groups in total. The summed E-state index contributed by atoms with van der Waals surface area (Å²) in [6.07, 6.45) is -0.887. The highest BCUT2D eigenvalue weighted by Gasteiger charge is 2.35. The normalized spacial score (nSPS) is 14.1. The molecule has 1 saturated carbocycles. The van der Waals surface area contributed by atoms with Crippen molar-refractivity contribution in [2.75, 3.05) is 6.54 Å². The summed E-state index contributed by atoms with van der Waals surface area (Å²) in [7, 11) is 0. The molecule has 1 aliphatic carbocycles. The van der Waals surface area contributed by atoms with Crippen molar-refractivity contribution in [1.29, 1.82) is 0 Å². The van der Waals surface area contributed by atoms with Gasteiger partial charge >= 0.3 is 6.18 Å². The number of rotatable bonds is 10. The van der Waals surface area contributed by atoms with Crippen molar-refractivity contribution in [2.24, 2.45) is 5.10 Å². The lowest BCUT2D eigenvalue weighted by Crippen LogP contribution is -2.29. The van der Waals surface area contributed by atoms with Crippen LogP contribution in [0, 0.1) is 0 Å². The Labute approximate surface area is 207 Å². The molecule has 184 valence electrons. The zero-order valence-electron chi connectivity index (χ0n) is 18.5. The number of carbonyl (C=O) groups is 2. The number of alkyl halides is 3. The van der Waals surface area contributed by atoms with Crippen molar-refractivity contribution < 1.29 is 22.8 Å². The highest BCUT2D eigenvalue weighted by atomic mass is 32.1. The third kappa shape index (κ3) is 6.73. The average Bonchev–Trinajstić information content (AvgIpc) is 3.34. The van der Waals surface area contributed by atoms with Gasteiger partial charge in [-0.05, 0) is 50.2 Å². The molecular weight excluding hydrogens is 499 g/mol. The molecule has 2 amide bonds. The van der Waals surface area contributed by atoms with E-state index in [9.17, 15) is 22.8 Å². The first-order valence-corrected chi connectivity index (χ1v) is 12.7. The summed E-state index contributed by atoms with van der Waals surface area (Å²) in [5, 5.41) is 9.38. The lowest BCUT2D eigenvalue weighted by atomic mass is 10.1. The van der Waals surface area contributed by atoms with Crippen molar-refractivity contribution in [3.63, 3.8) is 0 Å². The molecule has 0 radical (unpaired) electrons. The minimum Gasteiger partial charge on any atom is -0.351 e. The highest BCUT2D eigenvalue weighted by Crippen LogP contribution is 2.46. The van der Waals surface area contributed by atoms with Gasteiger partial charge in [0, 0.05) is 28.6 Å². The van der Waals surface area contributed by atoms with Gasteiger partial charge in [-0.1, -0.05) is 18.2 Å².